The first kappa shape index (κ1) is 29.8. The summed E-state index contributed by atoms with van der Waals surface area (Å²) in [6.45, 7) is 0.406. The SMILES string of the molecule is O=C(CCCCC(=O)NCc1ccc([C@@H]2O[C@H](CSc3ccccc3)C[C@H](c3ccc(CO)cc3)O2)cc1)NO. The first-order valence-electron chi connectivity index (χ1n) is 13.5. The molecule has 0 spiro atoms. The predicted octanol–water partition coefficient (Wildman–Crippen LogP) is 5.20. The van der Waals surface area contributed by atoms with Crippen LogP contribution in [0.1, 0.15) is 66.8 Å². The van der Waals surface area contributed by atoms with Crippen molar-refractivity contribution in [3.8, 4) is 0 Å². The van der Waals surface area contributed by atoms with Gasteiger partial charge in [0.25, 0.3) is 0 Å². The molecular weight excluding hydrogens is 528 g/mol. The lowest BCUT2D eigenvalue weighted by Gasteiger charge is -2.36. The molecule has 4 rings (SSSR count). The van der Waals surface area contributed by atoms with Gasteiger partial charge in [0.15, 0.2) is 6.29 Å². The van der Waals surface area contributed by atoms with Crippen LogP contribution in [0.5, 0.6) is 0 Å². The van der Waals surface area contributed by atoms with E-state index in [1.54, 1.807) is 17.2 Å². The van der Waals surface area contributed by atoms with E-state index in [1.807, 2.05) is 66.7 Å². The second kappa shape index (κ2) is 15.5. The molecule has 8 nitrogen and oxygen atoms in total. The Balaban J connectivity index is 1.35. The number of amides is 2. The molecule has 0 unspecified atom stereocenters. The molecule has 4 N–H and O–H groups in total. The van der Waals surface area contributed by atoms with Gasteiger partial charge in [-0.1, -0.05) is 66.7 Å². The van der Waals surface area contributed by atoms with Crippen molar-refractivity contribution in [3.05, 3.63) is 101 Å². The van der Waals surface area contributed by atoms with E-state index < -0.39 is 12.2 Å². The van der Waals surface area contributed by atoms with E-state index in [0.29, 0.717) is 25.8 Å². The molecule has 3 atom stereocenters. The maximum Gasteiger partial charge on any atom is 0.243 e. The molecule has 3 aromatic rings. The van der Waals surface area contributed by atoms with Gasteiger partial charge in [-0.2, -0.15) is 0 Å². The Hall–Kier alpha value is -3.21. The lowest BCUT2D eigenvalue weighted by atomic mass is 10.0. The first-order chi connectivity index (χ1) is 19.5. The van der Waals surface area contributed by atoms with Crippen LogP contribution >= 0.6 is 11.8 Å². The fraction of sp³-hybridized carbons (Fsp3) is 0.355. The Bertz CT molecular complexity index is 1210. The van der Waals surface area contributed by atoms with E-state index in [9.17, 15) is 14.7 Å². The summed E-state index contributed by atoms with van der Waals surface area (Å²) in [4.78, 5) is 24.4. The zero-order chi connectivity index (χ0) is 28.2. The topological polar surface area (TPSA) is 117 Å². The van der Waals surface area contributed by atoms with Crippen LogP contribution in [0.2, 0.25) is 0 Å². The van der Waals surface area contributed by atoms with Gasteiger partial charge in [0.05, 0.1) is 18.8 Å². The molecule has 40 heavy (non-hydrogen) atoms. The molecule has 1 aliphatic heterocycles. The van der Waals surface area contributed by atoms with Crippen molar-refractivity contribution < 1.29 is 29.4 Å². The van der Waals surface area contributed by atoms with Crippen LogP contribution in [0.3, 0.4) is 0 Å². The molecule has 1 fully saturated rings. The van der Waals surface area contributed by atoms with Gasteiger partial charge in [-0.3, -0.25) is 14.8 Å². The van der Waals surface area contributed by atoms with Crippen molar-refractivity contribution in [2.45, 2.75) is 68.6 Å². The standard InChI is InChI=1S/C31H36N2O6S/c34-20-23-12-14-24(15-13-23)28-18-26(21-40-27-6-2-1-3-7-27)38-31(39-28)25-16-10-22(11-17-25)19-32-29(35)8-4-5-9-30(36)33-37/h1-3,6-7,10-17,26,28,31,34,37H,4-5,8-9,18-21H2,(H,32,35)(H,33,36)/t26-,28+,31+/m0/s1. The van der Waals surface area contributed by atoms with Crippen LogP contribution in [-0.4, -0.2) is 34.0 Å². The number of hydrogen-bond acceptors (Lipinski definition) is 7. The van der Waals surface area contributed by atoms with Crippen molar-refractivity contribution in [3.63, 3.8) is 0 Å². The number of thioether (sulfide) groups is 1. The summed E-state index contributed by atoms with van der Waals surface area (Å²) in [7, 11) is 0. The van der Waals surface area contributed by atoms with Crippen molar-refractivity contribution in [1.82, 2.24) is 10.8 Å². The summed E-state index contributed by atoms with van der Waals surface area (Å²) >= 11 is 1.76. The highest BCUT2D eigenvalue weighted by atomic mass is 32.2. The molecule has 0 radical (unpaired) electrons. The van der Waals surface area contributed by atoms with E-state index in [2.05, 4.69) is 17.4 Å². The summed E-state index contributed by atoms with van der Waals surface area (Å²) in [6.07, 6.45) is 1.65. The number of ether oxygens (including phenoxy) is 2. The van der Waals surface area contributed by atoms with Crippen LogP contribution in [0.25, 0.3) is 0 Å². The average Bonchev–Trinajstić information content (AvgIpc) is 3.01. The van der Waals surface area contributed by atoms with Crippen LogP contribution in [0.15, 0.2) is 83.8 Å². The molecule has 0 bridgehead atoms. The maximum atomic E-state index is 12.1. The Labute approximate surface area is 239 Å². The number of benzene rings is 3. The third kappa shape index (κ3) is 9.18. The fourth-order valence-corrected chi connectivity index (χ4v) is 5.38. The number of aliphatic hydroxyl groups excluding tert-OH is 1. The Morgan fingerprint density at radius 1 is 0.825 bits per heavy atom. The molecule has 1 aliphatic rings. The van der Waals surface area contributed by atoms with Gasteiger partial charge in [0.1, 0.15) is 0 Å². The number of hydroxylamine groups is 1. The zero-order valence-corrected chi connectivity index (χ0v) is 23.1. The molecule has 0 saturated carbocycles. The van der Waals surface area contributed by atoms with E-state index >= 15 is 0 Å². The molecule has 3 aromatic carbocycles. The summed E-state index contributed by atoms with van der Waals surface area (Å²) in [5, 5.41) is 20.8. The van der Waals surface area contributed by atoms with Gasteiger partial charge in [-0.25, -0.2) is 5.48 Å². The summed E-state index contributed by atoms with van der Waals surface area (Å²) in [5.74, 6) is 0.268. The molecule has 1 heterocycles. The minimum Gasteiger partial charge on any atom is -0.392 e. The summed E-state index contributed by atoms with van der Waals surface area (Å²) < 4.78 is 12.8. The normalized spacial score (nSPS) is 18.7. The predicted molar refractivity (Wildman–Crippen MR) is 152 cm³/mol. The molecule has 0 aromatic heterocycles. The fourth-order valence-electron chi connectivity index (χ4n) is 4.44. The second-order valence-corrected chi connectivity index (χ2v) is 10.8. The summed E-state index contributed by atoms with van der Waals surface area (Å²) in [5.41, 5.74) is 5.37. The average molecular weight is 565 g/mol. The van der Waals surface area contributed by atoms with Crippen molar-refractivity contribution in [2.24, 2.45) is 0 Å². The highest BCUT2D eigenvalue weighted by Gasteiger charge is 2.32. The lowest BCUT2D eigenvalue weighted by Crippen LogP contribution is -2.31. The third-order valence-corrected chi connectivity index (χ3v) is 7.86. The van der Waals surface area contributed by atoms with Crippen LogP contribution in [0, 0.1) is 0 Å². The molecule has 0 aliphatic carbocycles. The van der Waals surface area contributed by atoms with Gasteiger partial charge < -0.3 is 19.9 Å². The number of nitrogens with one attached hydrogen (secondary N) is 2. The molecule has 212 valence electrons. The van der Waals surface area contributed by atoms with Crippen molar-refractivity contribution in [1.29, 1.82) is 0 Å². The Morgan fingerprint density at radius 3 is 2.15 bits per heavy atom. The molecular formula is C31H36N2O6S. The van der Waals surface area contributed by atoms with Gasteiger partial charge in [0.2, 0.25) is 11.8 Å². The van der Waals surface area contributed by atoms with E-state index in [4.69, 9.17) is 14.7 Å². The number of rotatable bonds is 13. The molecule has 2 amide bonds. The summed E-state index contributed by atoms with van der Waals surface area (Å²) in [6, 6.07) is 26.0. The van der Waals surface area contributed by atoms with Gasteiger partial charge >= 0.3 is 0 Å². The van der Waals surface area contributed by atoms with E-state index in [0.717, 1.165) is 34.4 Å². The van der Waals surface area contributed by atoms with Gasteiger partial charge in [-0.15, -0.1) is 11.8 Å². The highest BCUT2D eigenvalue weighted by Crippen LogP contribution is 2.39. The minimum absolute atomic E-state index is 0.00400. The number of unbranched alkanes of at least 4 members (excludes halogenated alkanes) is 1. The third-order valence-electron chi connectivity index (χ3n) is 6.72. The highest BCUT2D eigenvalue weighted by molar-refractivity contribution is 7.99. The first-order valence-corrected chi connectivity index (χ1v) is 14.5. The van der Waals surface area contributed by atoms with Crippen LogP contribution in [0.4, 0.5) is 0 Å². The van der Waals surface area contributed by atoms with Crippen LogP contribution in [-0.2, 0) is 32.2 Å². The van der Waals surface area contributed by atoms with E-state index in [-0.39, 0.29) is 31.1 Å². The van der Waals surface area contributed by atoms with Crippen molar-refractivity contribution >= 4 is 23.6 Å². The number of carbonyl (C=O) groups is 2. The minimum atomic E-state index is -0.530. The van der Waals surface area contributed by atoms with E-state index in [1.165, 1.54) is 4.90 Å². The quantitative estimate of drug-likeness (QED) is 0.0976. The second-order valence-electron chi connectivity index (χ2n) is 9.73. The zero-order valence-electron chi connectivity index (χ0n) is 22.3. The smallest absolute Gasteiger partial charge is 0.243 e. The Kier molecular flexibility index (Phi) is 11.6. The lowest BCUT2D eigenvalue weighted by molar-refractivity contribution is -0.245. The largest absolute Gasteiger partial charge is 0.392 e. The Morgan fingerprint density at radius 2 is 1.48 bits per heavy atom. The monoisotopic (exact) mass is 564 g/mol. The maximum absolute atomic E-state index is 12.1. The van der Waals surface area contributed by atoms with Gasteiger partial charge in [-0.05, 0) is 41.7 Å². The van der Waals surface area contributed by atoms with Crippen molar-refractivity contribution in [2.75, 3.05) is 5.75 Å². The number of hydrogen-bond donors (Lipinski definition) is 4. The molecule has 1 saturated heterocycles. The van der Waals surface area contributed by atoms with Crippen LogP contribution < -0.4 is 10.8 Å². The molecule has 9 heteroatoms. The number of aliphatic hydroxyl groups is 1. The van der Waals surface area contributed by atoms with Gasteiger partial charge in [0, 0.05) is 42.0 Å². The number of carbonyl (C=O) groups excluding carboxylic acids is 2.